The Kier molecular flexibility index (Phi) is 5.86. The summed E-state index contributed by atoms with van der Waals surface area (Å²) in [5, 5.41) is 1.33. The minimum atomic E-state index is -0.516. The number of amides is 2. The molecule has 0 unspecified atom stereocenters. The molecule has 1 aromatic heterocycles. The van der Waals surface area contributed by atoms with E-state index in [-0.39, 0.29) is 12.0 Å². The molecule has 0 atom stereocenters. The number of nitrogens with one attached hydrogen (secondary N) is 1. The van der Waals surface area contributed by atoms with Gasteiger partial charge in [-0.3, -0.25) is 4.79 Å². The van der Waals surface area contributed by atoms with Crippen molar-refractivity contribution in [3.05, 3.63) is 23.2 Å². The van der Waals surface area contributed by atoms with E-state index in [1.807, 2.05) is 32.9 Å². The Morgan fingerprint density at radius 2 is 1.89 bits per heavy atom. The van der Waals surface area contributed by atoms with Crippen molar-refractivity contribution in [3.63, 3.8) is 0 Å². The highest BCUT2D eigenvalue weighted by Crippen LogP contribution is 2.22. The number of ether oxygens (including phenoxy) is 1. The second-order valence-corrected chi connectivity index (χ2v) is 8.74. The molecule has 1 fully saturated rings. The molecular weight excluding hydrogens is 388 g/mol. The van der Waals surface area contributed by atoms with E-state index < -0.39 is 5.60 Å². The highest BCUT2D eigenvalue weighted by Gasteiger charge is 2.27. The van der Waals surface area contributed by atoms with Crippen molar-refractivity contribution in [2.75, 3.05) is 31.9 Å². The summed E-state index contributed by atoms with van der Waals surface area (Å²) in [6.07, 6.45) is -0.329. The second kappa shape index (κ2) is 7.98. The molecule has 9 heteroatoms. The summed E-state index contributed by atoms with van der Waals surface area (Å²) in [6, 6.07) is 5.44. The van der Waals surface area contributed by atoms with Crippen molar-refractivity contribution in [2.45, 2.75) is 31.5 Å². The first-order valence-corrected chi connectivity index (χ1v) is 10.1. The van der Waals surface area contributed by atoms with Gasteiger partial charge in [-0.1, -0.05) is 23.4 Å². The highest BCUT2D eigenvalue weighted by atomic mass is 35.5. The summed E-state index contributed by atoms with van der Waals surface area (Å²) in [5.41, 5.74) is 1.15. The molecule has 0 bridgehead atoms. The fraction of sp³-hybridized carbons (Fsp3) is 0.500. The van der Waals surface area contributed by atoms with E-state index in [0.717, 1.165) is 11.0 Å². The number of H-pyrrole nitrogens is 1. The van der Waals surface area contributed by atoms with Gasteiger partial charge in [-0.15, -0.1) is 0 Å². The van der Waals surface area contributed by atoms with E-state index >= 15 is 0 Å². The van der Waals surface area contributed by atoms with Gasteiger partial charge in [-0.25, -0.2) is 9.78 Å². The Morgan fingerprint density at radius 3 is 2.56 bits per heavy atom. The molecule has 0 saturated carbocycles. The summed E-state index contributed by atoms with van der Waals surface area (Å²) < 4.78 is 5.37. The molecule has 3 rings (SSSR count). The number of rotatable bonds is 3. The van der Waals surface area contributed by atoms with Crippen LogP contribution in [-0.4, -0.2) is 69.3 Å². The van der Waals surface area contributed by atoms with Gasteiger partial charge < -0.3 is 19.5 Å². The maximum Gasteiger partial charge on any atom is 0.410 e. The second-order valence-electron chi connectivity index (χ2n) is 7.34. The van der Waals surface area contributed by atoms with Crippen LogP contribution in [0.5, 0.6) is 0 Å². The summed E-state index contributed by atoms with van der Waals surface area (Å²) >= 11 is 7.34. The SMILES string of the molecule is CC(C)(C)OC(=O)N1CCN(C(=O)CSc2nc3ccc(Cl)cc3[nH]2)CC1. The third-order valence-corrected chi connectivity index (χ3v) is 5.13. The number of nitrogens with zero attached hydrogens (tertiary/aromatic N) is 3. The van der Waals surface area contributed by atoms with Crippen LogP contribution in [0.15, 0.2) is 23.4 Å². The number of fused-ring (bicyclic) bond motifs is 1. The molecular formula is C18H23ClN4O3S. The topological polar surface area (TPSA) is 78.5 Å². The van der Waals surface area contributed by atoms with E-state index in [0.29, 0.717) is 42.1 Å². The fourth-order valence-corrected chi connectivity index (χ4v) is 3.67. The Balaban J connectivity index is 1.48. The molecule has 1 aliphatic heterocycles. The fourth-order valence-electron chi connectivity index (χ4n) is 2.71. The largest absolute Gasteiger partial charge is 0.444 e. The van der Waals surface area contributed by atoms with Gasteiger partial charge in [-0.2, -0.15) is 0 Å². The lowest BCUT2D eigenvalue weighted by molar-refractivity contribution is -0.130. The van der Waals surface area contributed by atoms with Crippen LogP contribution >= 0.6 is 23.4 Å². The first-order chi connectivity index (χ1) is 12.7. The van der Waals surface area contributed by atoms with Gasteiger partial charge in [-0.05, 0) is 39.0 Å². The van der Waals surface area contributed by atoms with Crippen molar-refractivity contribution < 1.29 is 14.3 Å². The van der Waals surface area contributed by atoms with Crippen molar-refractivity contribution in [1.29, 1.82) is 0 Å². The average molecular weight is 411 g/mol. The normalized spacial score (nSPS) is 15.3. The molecule has 27 heavy (non-hydrogen) atoms. The minimum Gasteiger partial charge on any atom is -0.444 e. The van der Waals surface area contributed by atoms with E-state index in [1.54, 1.807) is 15.9 Å². The summed E-state index contributed by atoms with van der Waals surface area (Å²) in [6.45, 7) is 7.50. The number of carbonyl (C=O) groups excluding carboxylic acids is 2. The Labute approximate surface area is 167 Å². The molecule has 2 aromatic rings. The van der Waals surface area contributed by atoms with Crippen LogP contribution in [0, 0.1) is 0 Å². The van der Waals surface area contributed by atoms with Gasteiger partial charge in [0.2, 0.25) is 5.91 Å². The number of thioether (sulfide) groups is 1. The molecule has 1 N–H and O–H groups in total. The van der Waals surface area contributed by atoms with Crippen LogP contribution < -0.4 is 0 Å². The number of aromatic nitrogens is 2. The number of benzene rings is 1. The first kappa shape index (κ1) is 19.8. The van der Waals surface area contributed by atoms with E-state index in [2.05, 4.69) is 9.97 Å². The minimum absolute atomic E-state index is 0.0299. The van der Waals surface area contributed by atoms with Crippen LogP contribution in [0.25, 0.3) is 11.0 Å². The molecule has 2 heterocycles. The number of imidazole rings is 1. The van der Waals surface area contributed by atoms with Crippen LogP contribution in [0.3, 0.4) is 0 Å². The first-order valence-electron chi connectivity index (χ1n) is 8.75. The van der Waals surface area contributed by atoms with Gasteiger partial charge in [0.1, 0.15) is 5.60 Å². The van der Waals surface area contributed by atoms with Crippen molar-refractivity contribution >= 4 is 46.4 Å². The Hall–Kier alpha value is -1.93. The standard InChI is InChI=1S/C18H23ClN4O3S/c1-18(2,3)26-17(25)23-8-6-22(7-9-23)15(24)11-27-16-20-13-5-4-12(19)10-14(13)21-16/h4-5,10H,6-9,11H2,1-3H3,(H,20,21). The van der Waals surface area contributed by atoms with Crippen LogP contribution in [-0.2, 0) is 9.53 Å². The maximum atomic E-state index is 12.5. The molecule has 0 spiro atoms. The number of piperazine rings is 1. The molecule has 1 aromatic carbocycles. The number of carbonyl (C=O) groups is 2. The Morgan fingerprint density at radius 1 is 1.22 bits per heavy atom. The maximum absolute atomic E-state index is 12.5. The van der Waals surface area contributed by atoms with Crippen LogP contribution in [0.4, 0.5) is 4.79 Å². The van der Waals surface area contributed by atoms with E-state index in [4.69, 9.17) is 16.3 Å². The third kappa shape index (κ3) is 5.29. The molecule has 7 nitrogen and oxygen atoms in total. The number of hydrogen-bond donors (Lipinski definition) is 1. The van der Waals surface area contributed by atoms with Gasteiger partial charge in [0.05, 0.1) is 16.8 Å². The van der Waals surface area contributed by atoms with Crippen molar-refractivity contribution in [3.8, 4) is 0 Å². The number of aromatic amines is 1. The summed E-state index contributed by atoms with van der Waals surface area (Å²) in [4.78, 5) is 35.6. The predicted octanol–water partition coefficient (Wildman–Crippen LogP) is 3.39. The highest BCUT2D eigenvalue weighted by molar-refractivity contribution is 7.99. The van der Waals surface area contributed by atoms with Gasteiger partial charge in [0.15, 0.2) is 5.16 Å². The lowest BCUT2D eigenvalue weighted by Gasteiger charge is -2.35. The van der Waals surface area contributed by atoms with Gasteiger partial charge >= 0.3 is 6.09 Å². The Bertz CT molecular complexity index is 841. The quantitative estimate of drug-likeness (QED) is 0.784. The smallest absolute Gasteiger partial charge is 0.410 e. The zero-order valence-electron chi connectivity index (χ0n) is 15.6. The van der Waals surface area contributed by atoms with Gasteiger partial charge in [0, 0.05) is 31.2 Å². The zero-order valence-corrected chi connectivity index (χ0v) is 17.2. The molecule has 0 aliphatic carbocycles. The van der Waals surface area contributed by atoms with Crippen LogP contribution in [0.2, 0.25) is 5.02 Å². The van der Waals surface area contributed by atoms with Crippen molar-refractivity contribution in [2.24, 2.45) is 0 Å². The van der Waals surface area contributed by atoms with Crippen molar-refractivity contribution in [1.82, 2.24) is 19.8 Å². The zero-order chi connectivity index (χ0) is 19.6. The van der Waals surface area contributed by atoms with E-state index in [9.17, 15) is 9.59 Å². The van der Waals surface area contributed by atoms with E-state index in [1.165, 1.54) is 11.8 Å². The third-order valence-electron chi connectivity index (χ3n) is 4.04. The average Bonchev–Trinajstić information content (AvgIpc) is 3.00. The van der Waals surface area contributed by atoms with Gasteiger partial charge in [0.25, 0.3) is 0 Å². The molecule has 1 saturated heterocycles. The summed E-state index contributed by atoms with van der Waals surface area (Å²) in [7, 11) is 0. The predicted molar refractivity (Wildman–Crippen MR) is 106 cm³/mol. The molecule has 0 radical (unpaired) electrons. The van der Waals surface area contributed by atoms with Crippen LogP contribution in [0.1, 0.15) is 20.8 Å². The number of hydrogen-bond acceptors (Lipinski definition) is 5. The monoisotopic (exact) mass is 410 g/mol. The summed E-state index contributed by atoms with van der Waals surface area (Å²) in [5.74, 6) is 0.322. The molecule has 146 valence electrons. The lowest BCUT2D eigenvalue weighted by Crippen LogP contribution is -2.52. The molecule has 1 aliphatic rings. The molecule has 2 amide bonds. The lowest BCUT2D eigenvalue weighted by atomic mass is 10.2. The number of halogens is 1.